The Hall–Kier alpha value is -3.81. The van der Waals surface area contributed by atoms with Crippen molar-refractivity contribution >= 4 is 28.2 Å². The molecule has 3 heterocycles. The van der Waals surface area contributed by atoms with Crippen LogP contribution < -0.4 is 5.32 Å². The molecule has 0 atom stereocenters. The average Bonchev–Trinajstić information content (AvgIpc) is 3.60. The van der Waals surface area contributed by atoms with Crippen LogP contribution in [0.3, 0.4) is 0 Å². The topological polar surface area (TPSA) is 89.5 Å². The summed E-state index contributed by atoms with van der Waals surface area (Å²) in [6.45, 7) is 0. The molecule has 8 nitrogen and oxygen atoms in total. The number of fused-ring (bicyclic) bond motifs is 6. The number of hydrogen-bond donors (Lipinski definition) is 1. The van der Waals surface area contributed by atoms with Crippen LogP contribution in [0.2, 0.25) is 0 Å². The minimum Gasteiger partial charge on any atom is -0.353 e. The monoisotopic (exact) mass is 439 g/mol. The minimum absolute atomic E-state index is 0.131. The molecule has 1 fully saturated rings. The van der Waals surface area contributed by atoms with Crippen LogP contribution in [0.25, 0.3) is 33.7 Å². The molecule has 1 saturated carbocycles. The summed E-state index contributed by atoms with van der Waals surface area (Å²) >= 11 is 0. The summed E-state index contributed by atoms with van der Waals surface area (Å²) in [6.07, 6.45) is 6.51. The van der Waals surface area contributed by atoms with Crippen LogP contribution in [0.1, 0.15) is 44.3 Å². The van der Waals surface area contributed by atoms with E-state index in [1.54, 1.807) is 4.52 Å². The first-order chi connectivity index (χ1) is 16.3. The molecule has 33 heavy (non-hydrogen) atoms. The number of amides is 1. The zero-order chi connectivity index (χ0) is 22.2. The lowest BCUT2D eigenvalue weighted by atomic mass is 10.2. The number of nitrogens with zero attached hydrogens (tertiary/aromatic N) is 6. The molecule has 2 aromatic carbocycles. The molecule has 3 aromatic heterocycles. The zero-order valence-corrected chi connectivity index (χ0v) is 18.3. The lowest BCUT2D eigenvalue weighted by Crippen LogP contribution is -2.32. The Morgan fingerprint density at radius 2 is 1.79 bits per heavy atom. The number of rotatable bonds is 6. The van der Waals surface area contributed by atoms with Crippen molar-refractivity contribution in [2.24, 2.45) is 0 Å². The van der Waals surface area contributed by atoms with Gasteiger partial charge in [0.1, 0.15) is 5.82 Å². The van der Waals surface area contributed by atoms with Gasteiger partial charge >= 0.3 is 0 Å². The minimum atomic E-state index is 0.131. The van der Waals surface area contributed by atoms with Crippen LogP contribution in [0.15, 0.2) is 54.6 Å². The Labute approximate surface area is 190 Å². The van der Waals surface area contributed by atoms with Crippen molar-refractivity contribution in [2.45, 2.75) is 51.0 Å². The van der Waals surface area contributed by atoms with Gasteiger partial charge in [0, 0.05) is 29.8 Å². The molecule has 0 spiro atoms. The van der Waals surface area contributed by atoms with Crippen LogP contribution in [0.5, 0.6) is 0 Å². The van der Waals surface area contributed by atoms with Crippen molar-refractivity contribution in [1.82, 2.24) is 34.5 Å². The van der Waals surface area contributed by atoms with Crippen LogP contribution >= 0.6 is 0 Å². The molecule has 0 aliphatic heterocycles. The first-order valence-electron chi connectivity index (χ1n) is 11.6. The van der Waals surface area contributed by atoms with Gasteiger partial charge in [0.25, 0.3) is 5.78 Å². The number of aromatic nitrogens is 6. The normalized spacial score (nSPS) is 14.5. The third-order valence-electron chi connectivity index (χ3n) is 6.45. The van der Waals surface area contributed by atoms with Gasteiger partial charge in [-0.2, -0.15) is 4.52 Å². The third-order valence-corrected chi connectivity index (χ3v) is 6.45. The molecule has 1 amide bonds. The lowest BCUT2D eigenvalue weighted by molar-refractivity contribution is -0.121. The second kappa shape index (κ2) is 8.27. The second-order valence-corrected chi connectivity index (χ2v) is 8.71. The maximum atomic E-state index is 12.3. The molecule has 166 valence electrons. The van der Waals surface area contributed by atoms with Gasteiger partial charge in [-0.25, -0.2) is 4.98 Å². The Morgan fingerprint density at radius 1 is 1.00 bits per heavy atom. The van der Waals surface area contributed by atoms with Gasteiger partial charge in [0.05, 0.1) is 5.52 Å². The van der Waals surface area contributed by atoms with Crippen molar-refractivity contribution in [2.75, 3.05) is 0 Å². The first kappa shape index (κ1) is 19.8. The molecule has 0 bridgehead atoms. The van der Waals surface area contributed by atoms with E-state index in [4.69, 9.17) is 10.1 Å². The van der Waals surface area contributed by atoms with Crippen LogP contribution in [-0.2, 0) is 11.2 Å². The molecule has 1 aliphatic carbocycles. The molecule has 0 unspecified atom stereocenters. The Bertz CT molecular complexity index is 1450. The van der Waals surface area contributed by atoms with E-state index in [9.17, 15) is 4.79 Å². The van der Waals surface area contributed by atoms with E-state index in [1.807, 2.05) is 52.9 Å². The van der Waals surface area contributed by atoms with E-state index in [0.29, 0.717) is 30.5 Å². The van der Waals surface area contributed by atoms with E-state index in [0.717, 1.165) is 47.2 Å². The summed E-state index contributed by atoms with van der Waals surface area (Å²) in [5.41, 5.74) is 2.70. The first-order valence-corrected chi connectivity index (χ1v) is 11.6. The van der Waals surface area contributed by atoms with Gasteiger partial charge in [0.2, 0.25) is 5.91 Å². The summed E-state index contributed by atoms with van der Waals surface area (Å²) in [5, 5.41) is 17.8. The summed E-state index contributed by atoms with van der Waals surface area (Å²) in [4.78, 5) is 17.2. The summed E-state index contributed by atoms with van der Waals surface area (Å²) in [7, 11) is 0. The number of para-hydroxylation sites is 1. The van der Waals surface area contributed by atoms with Gasteiger partial charge in [0.15, 0.2) is 11.5 Å². The van der Waals surface area contributed by atoms with E-state index in [2.05, 4.69) is 21.6 Å². The van der Waals surface area contributed by atoms with Crippen molar-refractivity contribution < 1.29 is 4.79 Å². The maximum Gasteiger partial charge on any atom is 0.258 e. The van der Waals surface area contributed by atoms with Gasteiger partial charge in [-0.15, -0.1) is 15.3 Å². The van der Waals surface area contributed by atoms with Crippen molar-refractivity contribution in [3.8, 4) is 11.4 Å². The van der Waals surface area contributed by atoms with Crippen molar-refractivity contribution in [1.29, 1.82) is 0 Å². The standard InChI is InChI=1S/C25H25N7O/c33-22(26-18-11-4-5-12-18)16-8-15-21-28-29-25-31(21)20-14-7-6-13-19(20)24-27-23(30-32(24)25)17-9-2-1-3-10-17/h1-3,6-7,9-10,13-14,18H,4-5,8,11-12,15-16H2,(H,26,33). The fraction of sp³-hybridized carbons (Fsp3) is 0.320. The van der Waals surface area contributed by atoms with Gasteiger partial charge < -0.3 is 5.32 Å². The summed E-state index contributed by atoms with van der Waals surface area (Å²) in [5.74, 6) is 2.24. The lowest BCUT2D eigenvalue weighted by Gasteiger charge is -2.11. The summed E-state index contributed by atoms with van der Waals surface area (Å²) in [6, 6.07) is 18.4. The zero-order valence-electron chi connectivity index (χ0n) is 18.3. The van der Waals surface area contributed by atoms with Crippen LogP contribution in [0, 0.1) is 0 Å². The fourth-order valence-electron chi connectivity index (χ4n) is 4.82. The number of aryl methyl sites for hydroxylation is 1. The predicted octanol–water partition coefficient (Wildman–Crippen LogP) is 3.97. The molecular weight excluding hydrogens is 414 g/mol. The molecule has 0 saturated heterocycles. The van der Waals surface area contributed by atoms with E-state index < -0.39 is 0 Å². The third kappa shape index (κ3) is 3.61. The summed E-state index contributed by atoms with van der Waals surface area (Å²) < 4.78 is 3.81. The van der Waals surface area contributed by atoms with Gasteiger partial charge in [-0.05, 0) is 31.4 Å². The highest BCUT2D eigenvalue weighted by Gasteiger charge is 2.19. The predicted molar refractivity (Wildman–Crippen MR) is 126 cm³/mol. The van der Waals surface area contributed by atoms with E-state index in [-0.39, 0.29) is 5.91 Å². The Balaban J connectivity index is 1.34. The van der Waals surface area contributed by atoms with Crippen LogP contribution in [0.4, 0.5) is 0 Å². The van der Waals surface area contributed by atoms with E-state index >= 15 is 0 Å². The molecule has 0 radical (unpaired) electrons. The molecule has 6 rings (SSSR count). The Morgan fingerprint density at radius 3 is 2.64 bits per heavy atom. The van der Waals surface area contributed by atoms with Gasteiger partial charge in [-0.3, -0.25) is 9.20 Å². The number of benzene rings is 2. The smallest absolute Gasteiger partial charge is 0.258 e. The molecular formula is C25H25N7O. The SMILES string of the molecule is O=C(CCCc1nnc2n3nc(-c4ccccc4)nc3c3ccccc3n12)NC1CCCC1. The highest BCUT2D eigenvalue weighted by atomic mass is 16.1. The number of nitrogens with one attached hydrogen (secondary N) is 1. The van der Waals surface area contributed by atoms with Gasteiger partial charge in [-0.1, -0.05) is 55.3 Å². The van der Waals surface area contributed by atoms with Crippen LogP contribution in [-0.4, -0.2) is 41.1 Å². The second-order valence-electron chi connectivity index (χ2n) is 8.71. The number of hydrogen-bond acceptors (Lipinski definition) is 5. The quantitative estimate of drug-likeness (QED) is 0.432. The van der Waals surface area contributed by atoms with Crippen molar-refractivity contribution in [3.63, 3.8) is 0 Å². The molecule has 1 N–H and O–H groups in total. The molecule has 1 aliphatic rings. The number of carbonyl (C=O) groups excluding carboxylic acids is 1. The Kier molecular flexibility index (Phi) is 4.97. The highest BCUT2D eigenvalue weighted by molar-refractivity contribution is 5.94. The van der Waals surface area contributed by atoms with E-state index in [1.165, 1.54) is 12.8 Å². The fourth-order valence-corrected chi connectivity index (χ4v) is 4.82. The average molecular weight is 440 g/mol. The number of carbonyl (C=O) groups is 1. The highest BCUT2D eigenvalue weighted by Crippen LogP contribution is 2.25. The van der Waals surface area contributed by atoms with Crippen molar-refractivity contribution in [3.05, 3.63) is 60.4 Å². The molecule has 5 aromatic rings. The maximum absolute atomic E-state index is 12.3. The largest absolute Gasteiger partial charge is 0.353 e. The molecule has 8 heteroatoms.